The van der Waals surface area contributed by atoms with Crippen molar-refractivity contribution >= 4 is 11.9 Å². The Bertz CT molecular complexity index is 625. The predicted molar refractivity (Wildman–Crippen MR) is 76.3 cm³/mol. The summed E-state index contributed by atoms with van der Waals surface area (Å²) in [6.07, 6.45) is 7.66. The average Bonchev–Trinajstić information content (AvgIpc) is 3.11. The number of fused-ring (bicyclic) bond motifs is 5. The van der Waals surface area contributed by atoms with Gasteiger partial charge in [0.05, 0.1) is 0 Å². The molecule has 20 heavy (non-hydrogen) atoms. The number of hydrogen-bond acceptors (Lipinski definition) is 1. The maximum Gasteiger partial charge on any atom is 0.163 e. The summed E-state index contributed by atoms with van der Waals surface area (Å²) in [5.74, 6) is 2.14. The minimum atomic E-state index is -0.239. The van der Waals surface area contributed by atoms with E-state index in [9.17, 15) is 9.18 Å². The van der Waals surface area contributed by atoms with E-state index < -0.39 is 0 Å². The van der Waals surface area contributed by atoms with Crippen molar-refractivity contribution in [3.8, 4) is 0 Å². The molecule has 0 radical (unpaired) electrons. The molecule has 0 unspecified atom stereocenters. The number of rotatable bonds is 1. The quantitative estimate of drug-likeness (QED) is 0.558. The number of allylic oxidation sites excluding steroid dienone is 3. The molecule has 0 spiro atoms. The molecular weight excluding hydrogens is 251 g/mol. The standard InChI is InChI=1S/C18H17FO/c1-10-15(8-11-2-6-14(19)7-3-11)18(20)17-13-5-4-12(9-13)16(10)17/h2-8,10,12-13,16-17H,9H2,1H3/b15-8+/t10-,12-,13+,16-,17+/m1/s1. The lowest BCUT2D eigenvalue weighted by atomic mass is 9.81. The normalized spacial score (nSPS) is 39.8. The Labute approximate surface area is 118 Å². The second-order valence-electron chi connectivity index (χ2n) is 6.36. The number of carbonyl (C=O) groups is 1. The molecule has 1 aromatic rings. The van der Waals surface area contributed by atoms with Crippen LogP contribution in [-0.2, 0) is 4.79 Å². The zero-order valence-electron chi connectivity index (χ0n) is 11.4. The van der Waals surface area contributed by atoms with Crippen molar-refractivity contribution in [1.29, 1.82) is 0 Å². The van der Waals surface area contributed by atoms with Crippen molar-refractivity contribution in [2.24, 2.45) is 29.6 Å². The minimum absolute atomic E-state index is 0.201. The SMILES string of the molecule is C[C@@H]1/C(=C\c2ccc(F)cc2)C(=O)[C@@H]2[C@H]1[C@@H]1C=C[C@H]2C1. The third-order valence-electron chi connectivity index (χ3n) is 5.37. The number of benzene rings is 1. The van der Waals surface area contributed by atoms with Crippen molar-refractivity contribution in [3.63, 3.8) is 0 Å². The molecule has 0 N–H and O–H groups in total. The van der Waals surface area contributed by atoms with Crippen LogP contribution < -0.4 is 0 Å². The van der Waals surface area contributed by atoms with E-state index >= 15 is 0 Å². The Morgan fingerprint density at radius 1 is 1.15 bits per heavy atom. The highest BCUT2D eigenvalue weighted by atomic mass is 19.1. The van der Waals surface area contributed by atoms with Gasteiger partial charge >= 0.3 is 0 Å². The zero-order valence-corrected chi connectivity index (χ0v) is 11.4. The Morgan fingerprint density at radius 2 is 1.85 bits per heavy atom. The van der Waals surface area contributed by atoms with Gasteiger partial charge in [-0.1, -0.05) is 31.2 Å². The van der Waals surface area contributed by atoms with Crippen LogP contribution in [0.2, 0.25) is 0 Å². The van der Waals surface area contributed by atoms with Crippen molar-refractivity contribution < 1.29 is 9.18 Å². The van der Waals surface area contributed by atoms with Gasteiger partial charge in [0.2, 0.25) is 0 Å². The maximum atomic E-state index is 13.0. The van der Waals surface area contributed by atoms with Gasteiger partial charge in [-0.05, 0) is 59.4 Å². The van der Waals surface area contributed by atoms with Crippen LogP contribution in [0.1, 0.15) is 18.9 Å². The van der Waals surface area contributed by atoms with Crippen LogP contribution in [0.15, 0.2) is 42.0 Å². The fourth-order valence-electron chi connectivity index (χ4n) is 4.48. The number of hydrogen-bond donors (Lipinski definition) is 0. The van der Waals surface area contributed by atoms with E-state index in [2.05, 4.69) is 19.1 Å². The minimum Gasteiger partial charge on any atom is -0.294 e. The third-order valence-corrected chi connectivity index (χ3v) is 5.37. The van der Waals surface area contributed by atoms with E-state index in [1.807, 2.05) is 6.08 Å². The lowest BCUT2D eigenvalue weighted by molar-refractivity contribution is -0.118. The first kappa shape index (κ1) is 12.1. The van der Waals surface area contributed by atoms with Gasteiger partial charge in [-0.15, -0.1) is 0 Å². The molecule has 0 aliphatic heterocycles. The van der Waals surface area contributed by atoms with Crippen molar-refractivity contribution in [2.75, 3.05) is 0 Å². The Balaban J connectivity index is 1.70. The molecule has 1 aromatic carbocycles. The van der Waals surface area contributed by atoms with Crippen LogP contribution in [0, 0.1) is 35.4 Å². The van der Waals surface area contributed by atoms with Gasteiger partial charge in [-0.25, -0.2) is 4.39 Å². The second kappa shape index (κ2) is 4.15. The summed E-state index contributed by atoms with van der Waals surface area (Å²) in [6.45, 7) is 2.17. The molecule has 2 bridgehead atoms. The highest BCUT2D eigenvalue weighted by Gasteiger charge is 2.56. The smallest absolute Gasteiger partial charge is 0.163 e. The summed E-state index contributed by atoms with van der Waals surface area (Å²) in [5, 5.41) is 0. The van der Waals surface area contributed by atoms with Crippen molar-refractivity contribution in [2.45, 2.75) is 13.3 Å². The first-order chi connectivity index (χ1) is 9.65. The van der Waals surface area contributed by atoms with E-state index in [1.54, 1.807) is 12.1 Å². The lowest BCUT2D eigenvalue weighted by Crippen LogP contribution is -2.20. The first-order valence-electron chi connectivity index (χ1n) is 7.35. The van der Waals surface area contributed by atoms with Gasteiger partial charge in [-0.3, -0.25) is 4.79 Å². The van der Waals surface area contributed by atoms with E-state index in [1.165, 1.54) is 12.1 Å². The van der Waals surface area contributed by atoms with Crippen LogP contribution in [0.5, 0.6) is 0 Å². The summed E-state index contributed by atoms with van der Waals surface area (Å²) in [5.41, 5.74) is 1.85. The fourth-order valence-corrected chi connectivity index (χ4v) is 4.48. The Hall–Kier alpha value is -1.70. The molecule has 0 heterocycles. The molecular formula is C18H17FO. The monoisotopic (exact) mass is 268 g/mol. The van der Waals surface area contributed by atoms with Crippen LogP contribution in [-0.4, -0.2) is 5.78 Å². The summed E-state index contributed by atoms with van der Waals surface area (Å²) < 4.78 is 13.0. The van der Waals surface area contributed by atoms with Gasteiger partial charge in [0.1, 0.15) is 5.82 Å². The molecule has 0 aromatic heterocycles. The van der Waals surface area contributed by atoms with Gasteiger partial charge in [-0.2, -0.15) is 0 Å². The number of Topliss-reactive ketones (excluding diaryl/α,β-unsaturated/α-hetero) is 1. The van der Waals surface area contributed by atoms with Gasteiger partial charge in [0.25, 0.3) is 0 Å². The number of ketones is 1. The van der Waals surface area contributed by atoms with E-state index in [0.717, 1.165) is 17.6 Å². The highest BCUT2D eigenvalue weighted by molar-refractivity contribution is 6.04. The highest BCUT2D eigenvalue weighted by Crippen LogP contribution is 2.57. The molecule has 102 valence electrons. The summed E-state index contributed by atoms with van der Waals surface area (Å²) in [4.78, 5) is 12.7. The van der Waals surface area contributed by atoms with Crippen LogP contribution >= 0.6 is 0 Å². The summed E-state index contributed by atoms with van der Waals surface area (Å²) >= 11 is 0. The Morgan fingerprint density at radius 3 is 2.55 bits per heavy atom. The summed E-state index contributed by atoms with van der Waals surface area (Å²) in [7, 11) is 0. The fraction of sp³-hybridized carbons (Fsp3) is 0.389. The largest absolute Gasteiger partial charge is 0.294 e. The predicted octanol–water partition coefficient (Wildman–Crippen LogP) is 3.87. The molecule has 2 heteroatoms. The second-order valence-corrected chi connectivity index (χ2v) is 6.36. The molecule has 0 amide bonds. The van der Waals surface area contributed by atoms with Crippen LogP contribution in [0.25, 0.3) is 6.08 Å². The van der Waals surface area contributed by atoms with Crippen molar-refractivity contribution in [1.82, 2.24) is 0 Å². The molecule has 0 saturated heterocycles. The van der Waals surface area contributed by atoms with Crippen molar-refractivity contribution in [3.05, 3.63) is 53.4 Å². The maximum absolute atomic E-state index is 13.0. The molecule has 2 fully saturated rings. The van der Waals surface area contributed by atoms with Crippen LogP contribution in [0.4, 0.5) is 4.39 Å². The number of carbonyl (C=O) groups excluding carboxylic acids is 1. The lowest BCUT2D eigenvalue weighted by Gasteiger charge is -2.21. The molecule has 3 aliphatic rings. The van der Waals surface area contributed by atoms with Crippen LogP contribution in [0.3, 0.4) is 0 Å². The number of halogens is 1. The molecule has 1 nitrogen and oxygen atoms in total. The first-order valence-corrected chi connectivity index (χ1v) is 7.35. The zero-order chi connectivity index (χ0) is 13.9. The van der Waals surface area contributed by atoms with E-state index in [0.29, 0.717) is 29.5 Å². The topological polar surface area (TPSA) is 17.1 Å². The third kappa shape index (κ3) is 1.57. The Kier molecular flexibility index (Phi) is 2.50. The molecule has 4 rings (SSSR count). The van der Waals surface area contributed by atoms with E-state index in [4.69, 9.17) is 0 Å². The van der Waals surface area contributed by atoms with Gasteiger partial charge < -0.3 is 0 Å². The summed E-state index contributed by atoms with van der Waals surface area (Å²) in [6, 6.07) is 6.37. The van der Waals surface area contributed by atoms with E-state index in [-0.39, 0.29) is 11.7 Å². The van der Waals surface area contributed by atoms with Gasteiger partial charge in [0.15, 0.2) is 5.78 Å². The molecule has 3 aliphatic carbocycles. The molecule has 5 atom stereocenters. The van der Waals surface area contributed by atoms with Gasteiger partial charge in [0, 0.05) is 5.92 Å². The molecule has 2 saturated carbocycles. The average molecular weight is 268 g/mol.